The van der Waals surface area contributed by atoms with E-state index in [9.17, 15) is 12.8 Å². The molecule has 1 aromatic carbocycles. The molecule has 0 heterocycles. The lowest BCUT2D eigenvalue weighted by Crippen LogP contribution is -2.34. The summed E-state index contributed by atoms with van der Waals surface area (Å²) in [6, 6.07) is 5.84. The highest BCUT2D eigenvalue weighted by Gasteiger charge is 2.22. The van der Waals surface area contributed by atoms with Gasteiger partial charge in [0.1, 0.15) is 5.82 Å². The van der Waals surface area contributed by atoms with Gasteiger partial charge in [0.25, 0.3) is 0 Å². The minimum absolute atomic E-state index is 0.0638. The van der Waals surface area contributed by atoms with Crippen molar-refractivity contribution in [2.45, 2.75) is 13.3 Å². The zero-order chi connectivity index (χ0) is 12.9. The van der Waals surface area contributed by atoms with E-state index in [0.29, 0.717) is 13.0 Å². The Morgan fingerprint density at radius 1 is 1.35 bits per heavy atom. The Labute approximate surface area is 101 Å². The molecule has 0 amide bonds. The fourth-order valence-corrected chi connectivity index (χ4v) is 3.14. The summed E-state index contributed by atoms with van der Waals surface area (Å²) in [5.74, 6) is -0.600. The molecule has 0 fully saturated rings. The Morgan fingerprint density at radius 3 is 2.53 bits per heavy atom. The summed E-state index contributed by atoms with van der Waals surface area (Å²) in [4.78, 5) is 0. The SMILES string of the molecule is CCN(c1ccccc1F)S(=O)(=O)CCCN. The molecule has 1 rings (SSSR count). The van der Waals surface area contributed by atoms with Crippen molar-refractivity contribution in [1.82, 2.24) is 0 Å². The van der Waals surface area contributed by atoms with Gasteiger partial charge >= 0.3 is 0 Å². The summed E-state index contributed by atoms with van der Waals surface area (Å²) in [6.07, 6.45) is 0.368. The topological polar surface area (TPSA) is 63.4 Å². The normalized spacial score (nSPS) is 11.5. The van der Waals surface area contributed by atoms with Crippen LogP contribution in [0.15, 0.2) is 24.3 Å². The zero-order valence-corrected chi connectivity index (χ0v) is 10.6. The van der Waals surface area contributed by atoms with Gasteiger partial charge in [-0.1, -0.05) is 12.1 Å². The van der Waals surface area contributed by atoms with Crippen molar-refractivity contribution < 1.29 is 12.8 Å². The van der Waals surface area contributed by atoms with E-state index in [1.807, 2.05) is 0 Å². The van der Waals surface area contributed by atoms with Gasteiger partial charge in [-0.2, -0.15) is 0 Å². The van der Waals surface area contributed by atoms with Gasteiger partial charge in [0.15, 0.2) is 0 Å². The monoisotopic (exact) mass is 260 g/mol. The van der Waals surface area contributed by atoms with E-state index in [2.05, 4.69) is 0 Å². The summed E-state index contributed by atoms with van der Waals surface area (Å²) < 4.78 is 38.6. The van der Waals surface area contributed by atoms with Crippen LogP contribution in [0.25, 0.3) is 0 Å². The fourth-order valence-electron chi connectivity index (χ4n) is 1.55. The van der Waals surface area contributed by atoms with Crippen LogP contribution >= 0.6 is 0 Å². The van der Waals surface area contributed by atoms with E-state index in [1.165, 1.54) is 18.2 Å². The highest BCUT2D eigenvalue weighted by Crippen LogP contribution is 2.21. The second-order valence-corrected chi connectivity index (χ2v) is 5.59. The largest absolute Gasteiger partial charge is 0.330 e. The number of halogens is 1. The number of nitrogens with zero attached hydrogens (tertiary/aromatic N) is 1. The third-order valence-corrected chi connectivity index (χ3v) is 4.28. The number of hydrogen-bond acceptors (Lipinski definition) is 3. The van der Waals surface area contributed by atoms with Gasteiger partial charge in [0.05, 0.1) is 11.4 Å². The van der Waals surface area contributed by atoms with Crippen molar-refractivity contribution in [3.63, 3.8) is 0 Å². The average Bonchev–Trinajstić information content (AvgIpc) is 2.30. The lowest BCUT2D eigenvalue weighted by molar-refractivity contribution is 0.584. The molecular formula is C11H17FN2O2S. The molecule has 0 radical (unpaired) electrons. The molecule has 0 saturated heterocycles. The highest BCUT2D eigenvalue weighted by molar-refractivity contribution is 7.92. The maximum atomic E-state index is 13.5. The van der Waals surface area contributed by atoms with Crippen LogP contribution in [0.2, 0.25) is 0 Å². The van der Waals surface area contributed by atoms with Crippen molar-refractivity contribution >= 4 is 15.7 Å². The first kappa shape index (κ1) is 13.9. The number of rotatable bonds is 6. The van der Waals surface area contributed by atoms with E-state index in [4.69, 9.17) is 5.73 Å². The maximum absolute atomic E-state index is 13.5. The molecule has 0 aliphatic heterocycles. The Hall–Kier alpha value is -1.14. The molecule has 0 bridgehead atoms. The lowest BCUT2D eigenvalue weighted by atomic mass is 10.3. The van der Waals surface area contributed by atoms with Gasteiger partial charge in [-0.3, -0.25) is 4.31 Å². The summed E-state index contributed by atoms with van der Waals surface area (Å²) in [6.45, 7) is 2.17. The number of sulfonamides is 1. The average molecular weight is 260 g/mol. The second-order valence-electron chi connectivity index (χ2n) is 3.57. The number of nitrogens with two attached hydrogens (primary N) is 1. The first-order chi connectivity index (χ1) is 8.03. The van der Waals surface area contributed by atoms with E-state index < -0.39 is 15.8 Å². The number of benzene rings is 1. The molecule has 0 aliphatic rings. The first-order valence-corrected chi connectivity index (χ1v) is 7.09. The van der Waals surface area contributed by atoms with Crippen LogP contribution in [0.4, 0.5) is 10.1 Å². The van der Waals surface area contributed by atoms with Crippen LogP contribution in [0, 0.1) is 5.82 Å². The Kier molecular flexibility index (Phi) is 4.89. The Morgan fingerprint density at radius 2 is 2.00 bits per heavy atom. The van der Waals surface area contributed by atoms with Gasteiger partial charge in [-0.15, -0.1) is 0 Å². The minimum Gasteiger partial charge on any atom is -0.330 e. The molecule has 0 unspecified atom stereocenters. The predicted molar refractivity (Wildman–Crippen MR) is 66.9 cm³/mol. The predicted octanol–water partition coefficient (Wildman–Crippen LogP) is 1.33. The second kappa shape index (κ2) is 5.97. The van der Waals surface area contributed by atoms with Gasteiger partial charge in [-0.05, 0) is 32.0 Å². The third-order valence-electron chi connectivity index (χ3n) is 2.35. The summed E-state index contributed by atoms with van der Waals surface area (Å²) in [5.41, 5.74) is 5.38. The van der Waals surface area contributed by atoms with Crippen molar-refractivity contribution in [3.8, 4) is 0 Å². The van der Waals surface area contributed by atoms with Gasteiger partial charge < -0.3 is 5.73 Å². The number of para-hydroxylation sites is 1. The number of hydrogen-bond donors (Lipinski definition) is 1. The van der Waals surface area contributed by atoms with E-state index in [-0.39, 0.29) is 18.0 Å². The molecule has 6 heteroatoms. The van der Waals surface area contributed by atoms with Gasteiger partial charge in [0.2, 0.25) is 10.0 Å². The zero-order valence-electron chi connectivity index (χ0n) is 9.77. The molecule has 0 spiro atoms. The minimum atomic E-state index is -3.50. The van der Waals surface area contributed by atoms with Crippen LogP contribution in [0.5, 0.6) is 0 Å². The summed E-state index contributed by atoms with van der Waals surface area (Å²) >= 11 is 0. The summed E-state index contributed by atoms with van der Waals surface area (Å²) in [5, 5.41) is 0. The van der Waals surface area contributed by atoms with Gasteiger partial charge in [0, 0.05) is 6.54 Å². The molecule has 0 aliphatic carbocycles. The van der Waals surface area contributed by atoms with Crippen molar-refractivity contribution in [3.05, 3.63) is 30.1 Å². The third kappa shape index (κ3) is 3.41. The fraction of sp³-hybridized carbons (Fsp3) is 0.455. The molecule has 0 saturated carbocycles. The molecule has 0 atom stereocenters. The van der Waals surface area contributed by atoms with Gasteiger partial charge in [-0.25, -0.2) is 12.8 Å². The number of anilines is 1. The summed E-state index contributed by atoms with van der Waals surface area (Å²) in [7, 11) is -3.50. The van der Waals surface area contributed by atoms with Crippen molar-refractivity contribution in [1.29, 1.82) is 0 Å². The quantitative estimate of drug-likeness (QED) is 0.839. The molecule has 96 valence electrons. The lowest BCUT2D eigenvalue weighted by Gasteiger charge is -2.23. The smallest absolute Gasteiger partial charge is 0.235 e. The Bertz CT molecular complexity index is 462. The highest BCUT2D eigenvalue weighted by atomic mass is 32.2. The van der Waals surface area contributed by atoms with Crippen LogP contribution in [-0.4, -0.2) is 27.3 Å². The van der Waals surface area contributed by atoms with E-state index >= 15 is 0 Å². The van der Waals surface area contributed by atoms with Crippen LogP contribution in [0.3, 0.4) is 0 Å². The van der Waals surface area contributed by atoms with E-state index in [0.717, 1.165) is 4.31 Å². The molecule has 4 nitrogen and oxygen atoms in total. The van der Waals surface area contributed by atoms with E-state index in [1.54, 1.807) is 13.0 Å². The van der Waals surface area contributed by atoms with Crippen LogP contribution < -0.4 is 10.0 Å². The van der Waals surface area contributed by atoms with Crippen molar-refractivity contribution in [2.24, 2.45) is 5.73 Å². The van der Waals surface area contributed by atoms with Crippen LogP contribution in [-0.2, 0) is 10.0 Å². The van der Waals surface area contributed by atoms with Crippen molar-refractivity contribution in [2.75, 3.05) is 23.1 Å². The Balaban J connectivity index is 3.04. The molecule has 2 N–H and O–H groups in total. The molecular weight excluding hydrogens is 243 g/mol. The standard InChI is InChI=1S/C11H17FN2O2S/c1-2-14(17(15,16)9-5-8-13)11-7-4-3-6-10(11)12/h3-4,6-7H,2,5,8-9,13H2,1H3. The molecule has 1 aromatic rings. The molecule has 0 aromatic heterocycles. The van der Waals surface area contributed by atoms with Crippen LogP contribution in [0.1, 0.15) is 13.3 Å². The molecule has 17 heavy (non-hydrogen) atoms. The first-order valence-electron chi connectivity index (χ1n) is 5.48. The maximum Gasteiger partial charge on any atom is 0.235 e.